The van der Waals surface area contributed by atoms with E-state index in [0.29, 0.717) is 17.8 Å². The predicted octanol–water partition coefficient (Wildman–Crippen LogP) is 2.89. The molecule has 0 unspecified atom stereocenters. The number of carbonyl (C=O) groups excluding carboxylic acids is 3. The average molecular weight is 409 g/mol. The number of halogens is 2. The molecule has 0 spiro atoms. The van der Waals surface area contributed by atoms with Crippen LogP contribution in [0.1, 0.15) is 17.3 Å². The number of nitrogens with one attached hydrogen (secondary N) is 1. The van der Waals surface area contributed by atoms with Crippen molar-refractivity contribution in [2.75, 3.05) is 12.9 Å². The number of hydrogen-bond acceptors (Lipinski definition) is 6. The first-order valence-corrected chi connectivity index (χ1v) is 9.02. The third-order valence-corrected chi connectivity index (χ3v) is 4.67. The van der Waals surface area contributed by atoms with Gasteiger partial charge in [-0.25, -0.2) is 13.6 Å². The van der Waals surface area contributed by atoms with E-state index in [9.17, 15) is 28.3 Å². The van der Waals surface area contributed by atoms with E-state index in [0.717, 1.165) is 19.2 Å². The Morgan fingerprint density at radius 3 is 2.43 bits per heavy atom. The third-order valence-electron chi connectivity index (χ3n) is 3.69. The lowest BCUT2D eigenvalue weighted by atomic mass is 9.99. The van der Waals surface area contributed by atoms with Gasteiger partial charge in [0.1, 0.15) is 23.4 Å². The van der Waals surface area contributed by atoms with Crippen molar-refractivity contribution in [3.63, 3.8) is 0 Å². The van der Waals surface area contributed by atoms with Crippen LogP contribution in [0, 0.1) is 11.6 Å². The molecule has 0 aromatic heterocycles. The Balaban J connectivity index is 2.31. The molecule has 148 valence electrons. The van der Waals surface area contributed by atoms with Crippen molar-refractivity contribution < 1.29 is 33.0 Å². The van der Waals surface area contributed by atoms with E-state index < -0.39 is 34.7 Å². The summed E-state index contributed by atoms with van der Waals surface area (Å²) in [4.78, 5) is 35.6. The summed E-state index contributed by atoms with van der Waals surface area (Å²) >= 11 is 0.688. The van der Waals surface area contributed by atoms with Gasteiger partial charge in [-0.1, -0.05) is 11.8 Å². The molecule has 0 aliphatic heterocycles. The summed E-state index contributed by atoms with van der Waals surface area (Å²) in [6.45, 7) is 1.22. The van der Waals surface area contributed by atoms with E-state index in [1.165, 1.54) is 25.1 Å². The van der Waals surface area contributed by atoms with E-state index in [1.54, 1.807) is 0 Å². The SMILES string of the molecule is COC(=O)[C@H](CSC(=O)c1cc(O)ccc1-c1ccc(F)cc1F)NC(C)=O. The molecule has 0 bridgehead atoms. The molecule has 2 N–H and O–H groups in total. The molecule has 0 saturated heterocycles. The molecule has 2 aromatic carbocycles. The van der Waals surface area contributed by atoms with Gasteiger partial charge in [0.15, 0.2) is 0 Å². The maximum Gasteiger partial charge on any atom is 0.329 e. The van der Waals surface area contributed by atoms with Gasteiger partial charge in [-0.05, 0) is 35.9 Å². The highest BCUT2D eigenvalue weighted by molar-refractivity contribution is 8.14. The molecule has 0 fully saturated rings. The minimum absolute atomic E-state index is 0.0169. The van der Waals surface area contributed by atoms with Gasteiger partial charge in [0.05, 0.1) is 7.11 Å². The van der Waals surface area contributed by atoms with Crippen LogP contribution < -0.4 is 5.32 Å². The first-order chi connectivity index (χ1) is 13.2. The van der Waals surface area contributed by atoms with Crippen molar-refractivity contribution in [2.45, 2.75) is 13.0 Å². The number of amides is 1. The lowest BCUT2D eigenvalue weighted by Gasteiger charge is -2.15. The van der Waals surface area contributed by atoms with E-state index >= 15 is 0 Å². The largest absolute Gasteiger partial charge is 0.508 e. The molecule has 1 atom stereocenters. The van der Waals surface area contributed by atoms with Crippen molar-refractivity contribution in [1.82, 2.24) is 5.32 Å². The summed E-state index contributed by atoms with van der Waals surface area (Å²) in [5.41, 5.74) is 0.112. The maximum atomic E-state index is 14.2. The second kappa shape index (κ2) is 9.32. The Kier molecular flexibility index (Phi) is 7.11. The summed E-state index contributed by atoms with van der Waals surface area (Å²) in [7, 11) is 1.15. The van der Waals surface area contributed by atoms with Crippen LogP contribution in [0.4, 0.5) is 8.78 Å². The zero-order chi connectivity index (χ0) is 20.8. The first-order valence-electron chi connectivity index (χ1n) is 8.03. The molecular formula is C19H17F2NO5S. The Morgan fingerprint density at radius 2 is 1.82 bits per heavy atom. The fourth-order valence-corrected chi connectivity index (χ4v) is 3.30. The van der Waals surface area contributed by atoms with Crippen LogP contribution in [-0.4, -0.2) is 41.0 Å². The number of methoxy groups -OCH3 is 1. The van der Waals surface area contributed by atoms with E-state index in [2.05, 4.69) is 10.1 Å². The smallest absolute Gasteiger partial charge is 0.329 e. The van der Waals surface area contributed by atoms with Gasteiger partial charge < -0.3 is 15.2 Å². The summed E-state index contributed by atoms with van der Waals surface area (Å²) in [5, 5.41) is 11.5. The summed E-state index contributed by atoms with van der Waals surface area (Å²) < 4.78 is 31.9. The number of ether oxygens (including phenoxy) is 1. The van der Waals surface area contributed by atoms with Crippen molar-refractivity contribution in [3.8, 4) is 16.9 Å². The fourth-order valence-electron chi connectivity index (χ4n) is 2.44. The minimum atomic E-state index is -1.06. The van der Waals surface area contributed by atoms with Gasteiger partial charge in [-0.15, -0.1) is 0 Å². The number of phenols is 1. The highest BCUT2D eigenvalue weighted by atomic mass is 32.2. The molecular weight excluding hydrogens is 392 g/mol. The summed E-state index contributed by atoms with van der Waals surface area (Å²) in [6.07, 6.45) is 0. The number of hydrogen-bond donors (Lipinski definition) is 2. The lowest BCUT2D eigenvalue weighted by Crippen LogP contribution is -2.42. The van der Waals surface area contributed by atoms with Gasteiger partial charge in [0, 0.05) is 29.9 Å². The molecule has 0 radical (unpaired) electrons. The highest BCUT2D eigenvalue weighted by Gasteiger charge is 2.24. The number of rotatable bonds is 6. The van der Waals surface area contributed by atoms with Crippen molar-refractivity contribution in [1.29, 1.82) is 0 Å². The quantitative estimate of drug-likeness (QED) is 0.713. The highest BCUT2D eigenvalue weighted by Crippen LogP contribution is 2.32. The predicted molar refractivity (Wildman–Crippen MR) is 99.9 cm³/mol. The van der Waals surface area contributed by atoms with Crippen molar-refractivity contribution in [3.05, 3.63) is 53.6 Å². The molecule has 28 heavy (non-hydrogen) atoms. The monoisotopic (exact) mass is 409 g/mol. The zero-order valence-corrected chi connectivity index (χ0v) is 15.8. The van der Waals surface area contributed by atoms with Crippen molar-refractivity contribution >= 4 is 28.8 Å². The van der Waals surface area contributed by atoms with Crippen LogP contribution in [0.2, 0.25) is 0 Å². The standard InChI is InChI=1S/C19H17F2NO5S/c1-10(23)22-17(18(25)27-2)9-28-19(26)15-8-12(24)4-6-13(15)14-5-3-11(20)7-16(14)21/h3-8,17,24H,9H2,1-2H3,(H,22,23)/t17-/m0/s1. The van der Waals surface area contributed by atoms with Gasteiger partial charge in [0.2, 0.25) is 11.0 Å². The van der Waals surface area contributed by atoms with Crippen molar-refractivity contribution in [2.24, 2.45) is 0 Å². The van der Waals surface area contributed by atoms with E-state index in [4.69, 9.17) is 0 Å². The van der Waals surface area contributed by atoms with Crippen LogP contribution in [0.15, 0.2) is 36.4 Å². The van der Waals surface area contributed by atoms with Crippen LogP contribution in [-0.2, 0) is 14.3 Å². The number of thioether (sulfide) groups is 1. The lowest BCUT2D eigenvalue weighted by molar-refractivity contribution is -0.144. The van der Waals surface area contributed by atoms with Crippen LogP contribution in [0.5, 0.6) is 5.75 Å². The van der Waals surface area contributed by atoms with Gasteiger partial charge in [0.25, 0.3) is 0 Å². The summed E-state index contributed by atoms with van der Waals surface area (Å²) in [6, 6.07) is 5.63. The van der Waals surface area contributed by atoms with Gasteiger partial charge in [-0.2, -0.15) is 0 Å². The Labute approximate surface area is 163 Å². The van der Waals surface area contributed by atoms with Crippen LogP contribution in [0.3, 0.4) is 0 Å². The van der Waals surface area contributed by atoms with Crippen LogP contribution in [0.25, 0.3) is 11.1 Å². The second-order valence-electron chi connectivity index (χ2n) is 5.73. The number of carbonyl (C=O) groups is 3. The van der Waals surface area contributed by atoms with Gasteiger partial charge in [-0.3, -0.25) is 9.59 Å². The number of aromatic hydroxyl groups is 1. The molecule has 0 aliphatic carbocycles. The number of benzene rings is 2. The molecule has 0 heterocycles. The van der Waals surface area contributed by atoms with Crippen LogP contribution >= 0.6 is 11.8 Å². The average Bonchev–Trinajstić information content (AvgIpc) is 2.64. The molecule has 6 nitrogen and oxygen atoms in total. The molecule has 1 amide bonds. The minimum Gasteiger partial charge on any atom is -0.508 e. The normalized spacial score (nSPS) is 11.6. The Hall–Kier alpha value is -2.94. The zero-order valence-electron chi connectivity index (χ0n) is 15.0. The molecule has 0 saturated carbocycles. The number of esters is 1. The topological polar surface area (TPSA) is 92.7 Å². The van der Waals surface area contributed by atoms with Gasteiger partial charge >= 0.3 is 5.97 Å². The molecule has 9 heteroatoms. The van der Waals surface area contributed by atoms with E-state index in [-0.39, 0.29) is 28.2 Å². The second-order valence-corrected chi connectivity index (χ2v) is 6.72. The molecule has 2 rings (SSSR count). The first kappa shape index (κ1) is 21.4. The Morgan fingerprint density at radius 1 is 1.14 bits per heavy atom. The third kappa shape index (κ3) is 5.29. The molecule has 0 aliphatic rings. The maximum absolute atomic E-state index is 14.2. The van der Waals surface area contributed by atoms with E-state index in [1.807, 2.05) is 0 Å². The number of phenolic OH excluding ortho intramolecular Hbond substituents is 1. The summed E-state index contributed by atoms with van der Waals surface area (Å²) in [5.74, 6) is -3.19. The molecule has 2 aromatic rings. The Bertz CT molecular complexity index is 919. The fraction of sp³-hybridized carbons (Fsp3) is 0.211.